The summed E-state index contributed by atoms with van der Waals surface area (Å²) >= 11 is 0. The fraction of sp³-hybridized carbons (Fsp3) is 0.238. The summed E-state index contributed by atoms with van der Waals surface area (Å²) < 4.78 is 85.7. The van der Waals surface area contributed by atoms with Crippen LogP contribution in [0.4, 0.5) is 13.2 Å². The number of nitrogens with zero attached hydrogens (tertiary/aromatic N) is 2. The molecule has 0 spiro atoms. The van der Waals surface area contributed by atoms with Gasteiger partial charge in [-0.05, 0) is 41.5 Å². The molecule has 0 aliphatic rings. The van der Waals surface area contributed by atoms with Crippen molar-refractivity contribution in [3.8, 4) is 17.2 Å². The van der Waals surface area contributed by atoms with Crippen LogP contribution in [0.2, 0.25) is 0 Å². The molecule has 0 amide bonds. The van der Waals surface area contributed by atoms with E-state index in [9.17, 15) is 21.6 Å². The third-order valence-corrected chi connectivity index (χ3v) is 5.87. The molecule has 3 rings (SSSR count). The zero-order valence-electron chi connectivity index (χ0n) is 18.2. The van der Waals surface area contributed by atoms with Crippen LogP contribution in [0.1, 0.15) is 22.8 Å². The quantitative estimate of drug-likeness (QED) is 0.474. The topological polar surface area (TPSA) is 113 Å². The molecule has 0 bridgehead atoms. The van der Waals surface area contributed by atoms with Crippen molar-refractivity contribution in [1.29, 1.82) is 0 Å². The number of ether oxygens (including phenoxy) is 3. The third kappa shape index (κ3) is 5.85. The monoisotopic (exact) mass is 499 g/mol. The number of sulfonamides is 1. The fourth-order valence-corrected chi connectivity index (χ4v) is 3.95. The van der Waals surface area contributed by atoms with E-state index in [1.165, 1.54) is 51.7 Å². The van der Waals surface area contributed by atoms with Crippen LogP contribution >= 0.6 is 0 Å². The maximum atomic E-state index is 12.8. The first-order chi connectivity index (χ1) is 16.1. The van der Waals surface area contributed by atoms with Gasteiger partial charge in [-0.2, -0.15) is 18.2 Å². The van der Waals surface area contributed by atoms with Gasteiger partial charge in [0, 0.05) is 6.54 Å². The van der Waals surface area contributed by atoms with E-state index in [2.05, 4.69) is 19.4 Å². The molecule has 34 heavy (non-hydrogen) atoms. The normalized spacial score (nSPS) is 12.2. The van der Waals surface area contributed by atoms with E-state index in [1.54, 1.807) is 18.2 Å². The lowest BCUT2D eigenvalue weighted by molar-refractivity contribution is -0.159. The minimum absolute atomic E-state index is 0.0498. The molecule has 0 saturated heterocycles. The highest BCUT2D eigenvalue weighted by Gasteiger charge is 2.38. The highest BCUT2D eigenvalue weighted by Crippen LogP contribution is 2.38. The Morgan fingerprint density at radius 1 is 1.03 bits per heavy atom. The zero-order valence-corrected chi connectivity index (χ0v) is 19.0. The average molecular weight is 499 g/mol. The van der Waals surface area contributed by atoms with Gasteiger partial charge >= 0.3 is 12.1 Å². The number of methoxy groups -OCH3 is 3. The molecule has 1 aromatic heterocycles. The highest BCUT2D eigenvalue weighted by atomic mass is 32.2. The van der Waals surface area contributed by atoms with Crippen molar-refractivity contribution in [2.75, 3.05) is 21.3 Å². The molecule has 0 aliphatic heterocycles. The lowest BCUT2D eigenvalue weighted by Gasteiger charge is -2.14. The molecule has 182 valence electrons. The minimum atomic E-state index is -4.75. The van der Waals surface area contributed by atoms with Gasteiger partial charge in [0.15, 0.2) is 17.3 Å². The molecule has 3 aromatic rings. The average Bonchev–Trinajstić information content (AvgIpc) is 3.30. The van der Waals surface area contributed by atoms with Gasteiger partial charge in [0.05, 0.1) is 26.2 Å². The number of hydrogen-bond acceptors (Lipinski definition) is 8. The van der Waals surface area contributed by atoms with Crippen LogP contribution in [0.25, 0.3) is 12.2 Å². The molecule has 1 heterocycles. The largest absolute Gasteiger partial charge is 0.493 e. The fourth-order valence-electron chi connectivity index (χ4n) is 2.87. The van der Waals surface area contributed by atoms with E-state index >= 15 is 0 Å². The van der Waals surface area contributed by atoms with Gasteiger partial charge in [0.25, 0.3) is 0 Å². The molecule has 13 heteroatoms. The summed E-state index contributed by atoms with van der Waals surface area (Å²) in [5, 5.41) is 3.22. The van der Waals surface area contributed by atoms with Gasteiger partial charge in [-0.25, -0.2) is 13.1 Å². The summed E-state index contributed by atoms with van der Waals surface area (Å²) in [6.07, 6.45) is -2.21. The Balaban J connectivity index is 1.76. The number of aromatic nitrogens is 2. The van der Waals surface area contributed by atoms with Gasteiger partial charge < -0.3 is 18.7 Å². The first-order valence-corrected chi connectivity index (χ1v) is 11.0. The summed E-state index contributed by atoms with van der Waals surface area (Å²) in [5.41, 5.74) is 0.959. The molecule has 0 unspecified atom stereocenters. The molecule has 0 saturated carbocycles. The molecule has 0 radical (unpaired) electrons. The summed E-state index contributed by atoms with van der Waals surface area (Å²) in [6.45, 7) is -0.0673. The maximum absolute atomic E-state index is 12.8. The van der Waals surface area contributed by atoms with Crippen LogP contribution in [-0.4, -0.2) is 39.9 Å². The van der Waals surface area contributed by atoms with E-state index in [4.69, 9.17) is 14.2 Å². The molecule has 0 atom stereocenters. The zero-order chi connectivity index (χ0) is 24.9. The molecule has 1 N–H and O–H groups in total. The van der Waals surface area contributed by atoms with Crippen molar-refractivity contribution in [2.24, 2.45) is 0 Å². The van der Waals surface area contributed by atoms with E-state index in [1.807, 2.05) is 0 Å². The van der Waals surface area contributed by atoms with Crippen molar-refractivity contribution in [3.05, 3.63) is 59.2 Å². The van der Waals surface area contributed by atoms with Gasteiger partial charge in [0.1, 0.15) is 0 Å². The Kier molecular flexibility index (Phi) is 7.47. The smallest absolute Gasteiger partial charge is 0.471 e. The summed E-state index contributed by atoms with van der Waals surface area (Å²) in [4.78, 5) is 3.17. The van der Waals surface area contributed by atoms with Crippen molar-refractivity contribution in [2.45, 2.75) is 17.6 Å². The molecule has 2 aromatic carbocycles. The van der Waals surface area contributed by atoms with Gasteiger partial charge in [-0.15, -0.1) is 0 Å². The highest BCUT2D eigenvalue weighted by molar-refractivity contribution is 7.89. The lowest BCUT2D eigenvalue weighted by Crippen LogP contribution is -2.23. The van der Waals surface area contributed by atoms with Crippen molar-refractivity contribution < 1.29 is 40.3 Å². The second-order valence-corrected chi connectivity index (χ2v) is 8.49. The van der Waals surface area contributed by atoms with Gasteiger partial charge in [0.2, 0.25) is 15.8 Å². The Bertz CT molecular complexity index is 1260. The summed E-state index contributed by atoms with van der Waals surface area (Å²) in [5.74, 6) is -0.655. The second-order valence-electron chi connectivity index (χ2n) is 6.72. The van der Waals surface area contributed by atoms with E-state index in [0.29, 0.717) is 28.4 Å². The SMILES string of the molecule is COc1cc(CNS(=O)(=O)c2cccc(C=Cc3noc(C(F)(F)F)n3)c2)cc(OC)c1OC. The molecular weight excluding hydrogens is 479 g/mol. The predicted octanol–water partition coefficient (Wildman–Crippen LogP) is 3.76. The molecule has 0 fully saturated rings. The standard InChI is InChI=1S/C21H20F3N3O6S/c1-30-16-10-14(11-17(31-2)19(16)32-3)12-25-34(28,29)15-6-4-5-13(9-15)7-8-18-26-20(33-27-18)21(22,23)24/h4-11,25H,12H2,1-3H3. The summed E-state index contributed by atoms with van der Waals surface area (Å²) in [7, 11) is 0.422. The van der Waals surface area contributed by atoms with Crippen LogP contribution in [0.5, 0.6) is 17.2 Å². The first-order valence-electron chi connectivity index (χ1n) is 9.55. The lowest BCUT2D eigenvalue weighted by atomic mass is 10.2. The minimum Gasteiger partial charge on any atom is -0.493 e. The Hall–Kier alpha value is -3.58. The Morgan fingerprint density at radius 3 is 2.26 bits per heavy atom. The van der Waals surface area contributed by atoms with Crippen LogP contribution in [0.15, 0.2) is 45.8 Å². The van der Waals surface area contributed by atoms with Crippen molar-refractivity contribution in [1.82, 2.24) is 14.9 Å². The van der Waals surface area contributed by atoms with Gasteiger partial charge in [-0.1, -0.05) is 23.4 Å². The van der Waals surface area contributed by atoms with Crippen LogP contribution < -0.4 is 18.9 Å². The number of hydrogen-bond donors (Lipinski definition) is 1. The van der Waals surface area contributed by atoms with Crippen LogP contribution in [0, 0.1) is 0 Å². The van der Waals surface area contributed by atoms with Gasteiger partial charge in [-0.3, -0.25) is 0 Å². The number of alkyl halides is 3. The third-order valence-electron chi connectivity index (χ3n) is 4.47. The molecular formula is C21H20F3N3O6S. The van der Waals surface area contributed by atoms with E-state index < -0.39 is 22.1 Å². The number of benzene rings is 2. The molecule has 9 nitrogen and oxygen atoms in total. The van der Waals surface area contributed by atoms with Crippen molar-refractivity contribution >= 4 is 22.2 Å². The second kappa shape index (κ2) is 10.1. The molecule has 0 aliphatic carbocycles. The predicted molar refractivity (Wildman–Crippen MR) is 115 cm³/mol. The number of nitrogens with one attached hydrogen (secondary N) is 1. The first kappa shape index (κ1) is 25.1. The van der Waals surface area contributed by atoms with E-state index in [0.717, 1.165) is 0 Å². The Morgan fingerprint density at radius 2 is 1.71 bits per heavy atom. The van der Waals surface area contributed by atoms with Crippen LogP contribution in [-0.2, 0) is 22.7 Å². The summed E-state index contributed by atoms with van der Waals surface area (Å²) in [6, 6.07) is 9.01. The Labute approximate surface area is 193 Å². The maximum Gasteiger partial charge on any atom is 0.471 e. The number of halogens is 3. The van der Waals surface area contributed by atoms with Crippen molar-refractivity contribution in [3.63, 3.8) is 0 Å². The van der Waals surface area contributed by atoms with E-state index in [-0.39, 0.29) is 17.3 Å². The number of rotatable bonds is 9. The van der Waals surface area contributed by atoms with Crippen LogP contribution in [0.3, 0.4) is 0 Å².